The van der Waals surface area contributed by atoms with Crippen LogP contribution < -0.4 is 5.32 Å². The van der Waals surface area contributed by atoms with Gasteiger partial charge >= 0.3 is 12.0 Å². The molecule has 1 saturated carbocycles. The Bertz CT molecular complexity index is 327. The summed E-state index contributed by atoms with van der Waals surface area (Å²) in [5.74, 6) is -0.883. The maximum atomic E-state index is 12.2. The van der Waals surface area contributed by atoms with Gasteiger partial charge < -0.3 is 20.4 Å². The van der Waals surface area contributed by atoms with Crippen molar-refractivity contribution in [1.29, 1.82) is 0 Å². The van der Waals surface area contributed by atoms with E-state index in [1.807, 2.05) is 13.8 Å². The highest BCUT2D eigenvalue weighted by molar-refractivity contribution is 5.77. The highest BCUT2D eigenvalue weighted by Crippen LogP contribution is 2.35. The summed E-state index contributed by atoms with van der Waals surface area (Å²) in [4.78, 5) is 24.7. The average Bonchev–Trinajstić information content (AvgIpc) is 2.25. The van der Waals surface area contributed by atoms with Crippen LogP contribution in [0.3, 0.4) is 0 Å². The number of carbonyl (C=O) groups is 2. The van der Waals surface area contributed by atoms with Gasteiger partial charge in [0.05, 0.1) is 12.0 Å². The van der Waals surface area contributed by atoms with Crippen molar-refractivity contribution < 1.29 is 19.8 Å². The number of aliphatic hydroxyl groups is 1. The predicted octanol–water partition coefficient (Wildman–Crippen LogP) is 1.19. The molecule has 19 heavy (non-hydrogen) atoms. The summed E-state index contributed by atoms with van der Waals surface area (Å²) in [7, 11) is 0. The average molecular weight is 272 g/mol. The minimum absolute atomic E-state index is 0.0218. The van der Waals surface area contributed by atoms with Gasteiger partial charge in [0.25, 0.3) is 0 Å². The monoisotopic (exact) mass is 272 g/mol. The van der Waals surface area contributed by atoms with E-state index in [0.717, 1.165) is 19.3 Å². The Morgan fingerprint density at radius 1 is 1.37 bits per heavy atom. The molecule has 1 fully saturated rings. The number of amides is 2. The van der Waals surface area contributed by atoms with Crippen LogP contribution in [-0.4, -0.2) is 51.8 Å². The summed E-state index contributed by atoms with van der Waals surface area (Å²) >= 11 is 0. The van der Waals surface area contributed by atoms with E-state index in [0.29, 0.717) is 13.0 Å². The number of aliphatic carboxylic acids is 1. The lowest BCUT2D eigenvalue weighted by molar-refractivity contribution is -0.139. The lowest BCUT2D eigenvalue weighted by Crippen LogP contribution is -2.59. The summed E-state index contributed by atoms with van der Waals surface area (Å²) in [6.07, 6.45) is 2.89. The van der Waals surface area contributed by atoms with Crippen LogP contribution in [0, 0.1) is 0 Å². The number of aliphatic hydroxyl groups excluding tert-OH is 1. The Morgan fingerprint density at radius 2 is 2.00 bits per heavy atom. The zero-order valence-corrected chi connectivity index (χ0v) is 11.7. The van der Waals surface area contributed by atoms with Crippen molar-refractivity contribution in [3.8, 4) is 0 Å². The van der Waals surface area contributed by atoms with E-state index < -0.39 is 11.5 Å². The third-order valence-corrected chi connectivity index (χ3v) is 3.61. The SMILES string of the molecule is CC(C)N(CCCO)C(=O)NC1(CC(=O)O)CCC1. The number of carboxylic acid groups (broad SMARTS) is 1. The minimum atomic E-state index is -0.883. The molecule has 1 rings (SSSR count). The molecule has 0 radical (unpaired) electrons. The molecule has 2 amide bonds. The van der Waals surface area contributed by atoms with E-state index in [2.05, 4.69) is 5.32 Å². The van der Waals surface area contributed by atoms with E-state index >= 15 is 0 Å². The molecule has 1 aliphatic carbocycles. The summed E-state index contributed by atoms with van der Waals surface area (Å²) in [5, 5.41) is 20.6. The first-order valence-corrected chi connectivity index (χ1v) is 6.82. The second kappa shape index (κ2) is 6.75. The second-order valence-electron chi connectivity index (χ2n) is 5.50. The summed E-state index contributed by atoms with van der Waals surface area (Å²) < 4.78 is 0. The molecule has 3 N–H and O–H groups in total. The highest BCUT2D eigenvalue weighted by atomic mass is 16.4. The third-order valence-electron chi connectivity index (χ3n) is 3.61. The Kier molecular flexibility index (Phi) is 5.60. The lowest BCUT2D eigenvalue weighted by atomic mass is 9.74. The first-order valence-electron chi connectivity index (χ1n) is 6.82. The van der Waals surface area contributed by atoms with Gasteiger partial charge in [-0.05, 0) is 39.5 Å². The topological polar surface area (TPSA) is 89.9 Å². The fourth-order valence-corrected chi connectivity index (χ4v) is 2.37. The minimum Gasteiger partial charge on any atom is -0.481 e. The number of nitrogens with one attached hydrogen (secondary N) is 1. The predicted molar refractivity (Wildman–Crippen MR) is 70.9 cm³/mol. The standard InChI is InChI=1S/C13H24N2O4/c1-10(2)15(7-4-8-16)12(19)14-13(5-3-6-13)9-11(17)18/h10,16H,3-9H2,1-2H3,(H,14,19)(H,17,18). The molecule has 1 aliphatic rings. The largest absolute Gasteiger partial charge is 0.481 e. The number of hydrogen-bond acceptors (Lipinski definition) is 3. The van der Waals surface area contributed by atoms with E-state index in [-0.39, 0.29) is 25.1 Å². The molecule has 0 spiro atoms. The number of rotatable bonds is 7. The van der Waals surface area contributed by atoms with E-state index in [9.17, 15) is 9.59 Å². The lowest BCUT2D eigenvalue weighted by Gasteiger charge is -2.43. The molecular formula is C13H24N2O4. The summed E-state index contributed by atoms with van der Waals surface area (Å²) in [6, 6.07) is -0.210. The normalized spacial score (nSPS) is 16.8. The molecule has 0 bridgehead atoms. The molecule has 0 saturated heterocycles. The van der Waals surface area contributed by atoms with E-state index in [1.165, 1.54) is 0 Å². The molecule has 0 aliphatic heterocycles. The molecule has 110 valence electrons. The maximum Gasteiger partial charge on any atom is 0.318 e. The van der Waals surface area contributed by atoms with Crippen LogP contribution in [0.2, 0.25) is 0 Å². The van der Waals surface area contributed by atoms with Crippen LogP contribution in [0.25, 0.3) is 0 Å². The number of urea groups is 1. The molecule has 0 aromatic rings. The Balaban J connectivity index is 2.61. The van der Waals surface area contributed by atoms with Gasteiger partial charge in [0.15, 0.2) is 0 Å². The van der Waals surface area contributed by atoms with Crippen molar-refractivity contribution in [3.63, 3.8) is 0 Å². The van der Waals surface area contributed by atoms with Gasteiger partial charge in [0.2, 0.25) is 0 Å². The summed E-state index contributed by atoms with van der Waals surface area (Å²) in [6.45, 7) is 4.32. The van der Waals surface area contributed by atoms with Gasteiger partial charge in [0, 0.05) is 19.2 Å². The molecule has 0 unspecified atom stereocenters. The molecule has 6 nitrogen and oxygen atoms in total. The Labute approximate surface area is 113 Å². The Hall–Kier alpha value is -1.30. The van der Waals surface area contributed by atoms with Crippen molar-refractivity contribution >= 4 is 12.0 Å². The first-order chi connectivity index (χ1) is 8.90. The van der Waals surface area contributed by atoms with E-state index in [1.54, 1.807) is 4.90 Å². The third kappa shape index (κ3) is 4.38. The van der Waals surface area contributed by atoms with Gasteiger partial charge in [-0.2, -0.15) is 0 Å². The number of carboxylic acids is 1. The molecule has 0 heterocycles. The van der Waals surface area contributed by atoms with Gasteiger partial charge in [0.1, 0.15) is 0 Å². The van der Waals surface area contributed by atoms with Crippen LogP contribution in [0.1, 0.15) is 46.0 Å². The van der Waals surface area contributed by atoms with E-state index in [4.69, 9.17) is 10.2 Å². The molecule has 6 heteroatoms. The van der Waals surface area contributed by atoms with Gasteiger partial charge in [-0.15, -0.1) is 0 Å². The Morgan fingerprint density at radius 3 is 2.37 bits per heavy atom. The van der Waals surface area contributed by atoms with Crippen LogP contribution >= 0.6 is 0 Å². The quantitative estimate of drug-likeness (QED) is 0.649. The van der Waals surface area contributed by atoms with Gasteiger partial charge in [-0.25, -0.2) is 4.79 Å². The van der Waals surface area contributed by atoms with Crippen molar-refractivity contribution in [1.82, 2.24) is 10.2 Å². The molecule has 0 atom stereocenters. The van der Waals surface area contributed by atoms with Gasteiger partial charge in [-0.3, -0.25) is 4.79 Å². The van der Waals surface area contributed by atoms with Crippen molar-refractivity contribution in [2.24, 2.45) is 0 Å². The smallest absolute Gasteiger partial charge is 0.318 e. The van der Waals surface area contributed by atoms with Crippen molar-refractivity contribution in [3.05, 3.63) is 0 Å². The number of nitrogens with zero attached hydrogens (tertiary/aromatic N) is 1. The highest BCUT2D eigenvalue weighted by Gasteiger charge is 2.41. The van der Waals surface area contributed by atoms with Gasteiger partial charge in [-0.1, -0.05) is 0 Å². The van der Waals surface area contributed by atoms with Crippen molar-refractivity contribution in [2.45, 2.75) is 57.5 Å². The number of hydrogen-bond donors (Lipinski definition) is 3. The number of carbonyl (C=O) groups excluding carboxylic acids is 1. The maximum absolute atomic E-state index is 12.2. The molecular weight excluding hydrogens is 248 g/mol. The van der Waals surface area contributed by atoms with Crippen LogP contribution in [-0.2, 0) is 4.79 Å². The zero-order valence-electron chi connectivity index (χ0n) is 11.7. The van der Waals surface area contributed by atoms with Crippen molar-refractivity contribution in [2.75, 3.05) is 13.2 Å². The first kappa shape index (κ1) is 15.8. The molecule has 0 aromatic carbocycles. The second-order valence-corrected chi connectivity index (χ2v) is 5.50. The van der Waals surface area contributed by atoms with Crippen LogP contribution in [0.4, 0.5) is 4.79 Å². The van der Waals surface area contributed by atoms with Crippen LogP contribution in [0.5, 0.6) is 0 Å². The summed E-state index contributed by atoms with van der Waals surface area (Å²) in [5.41, 5.74) is -0.574. The fraction of sp³-hybridized carbons (Fsp3) is 0.846. The zero-order chi connectivity index (χ0) is 14.5. The fourth-order valence-electron chi connectivity index (χ4n) is 2.37. The van der Waals surface area contributed by atoms with Crippen LogP contribution in [0.15, 0.2) is 0 Å². The molecule has 0 aromatic heterocycles.